The van der Waals surface area contributed by atoms with Gasteiger partial charge in [-0.25, -0.2) is 4.98 Å². The molecule has 0 atom stereocenters. The van der Waals surface area contributed by atoms with E-state index >= 15 is 0 Å². The Kier molecular flexibility index (Phi) is 4.63. The standard InChI is InChI=1S/C18H18N4O4/c1-3-5-13-10(4-2)17(12(8-19)18(20)21-13)11-6-15-16(26-9-25-15)7-14(11)22(23)24/h6-7H,3-5,9H2,1-2H3,(H2,20,21). The lowest BCUT2D eigenvalue weighted by molar-refractivity contribution is -0.384. The SMILES string of the molecule is CCCc1nc(N)c(C#N)c(-c2cc3c(cc2[N+](=O)[O-])OCO3)c1CC. The topological polar surface area (TPSA) is 124 Å². The predicted octanol–water partition coefficient (Wildman–Crippen LogP) is 3.35. The third kappa shape index (κ3) is 2.77. The van der Waals surface area contributed by atoms with Crippen LogP contribution >= 0.6 is 0 Å². The zero-order valence-electron chi connectivity index (χ0n) is 14.5. The third-order valence-corrected chi connectivity index (χ3v) is 4.32. The summed E-state index contributed by atoms with van der Waals surface area (Å²) in [6, 6.07) is 4.93. The molecule has 3 rings (SSSR count). The number of nitrogens with two attached hydrogens (primary N) is 1. The average Bonchev–Trinajstić information content (AvgIpc) is 3.07. The van der Waals surface area contributed by atoms with Crippen LogP contribution in [0.3, 0.4) is 0 Å². The molecule has 2 aromatic rings. The van der Waals surface area contributed by atoms with E-state index in [2.05, 4.69) is 11.1 Å². The van der Waals surface area contributed by atoms with Crippen LogP contribution in [-0.2, 0) is 12.8 Å². The van der Waals surface area contributed by atoms with Gasteiger partial charge in [-0.15, -0.1) is 0 Å². The molecule has 134 valence electrons. The fourth-order valence-corrected chi connectivity index (χ4v) is 3.21. The Labute approximate surface area is 150 Å². The molecule has 0 aliphatic carbocycles. The number of ether oxygens (including phenoxy) is 2. The second kappa shape index (κ2) is 6.88. The first-order valence-electron chi connectivity index (χ1n) is 8.31. The lowest BCUT2D eigenvalue weighted by Gasteiger charge is -2.16. The minimum atomic E-state index is -0.492. The van der Waals surface area contributed by atoms with Crippen molar-refractivity contribution in [2.75, 3.05) is 12.5 Å². The molecule has 1 aliphatic rings. The molecule has 1 aromatic carbocycles. The van der Waals surface area contributed by atoms with Gasteiger partial charge < -0.3 is 15.2 Å². The molecule has 0 saturated heterocycles. The van der Waals surface area contributed by atoms with Crippen LogP contribution in [0.4, 0.5) is 11.5 Å². The molecule has 0 spiro atoms. The van der Waals surface area contributed by atoms with Gasteiger partial charge in [0.05, 0.1) is 16.6 Å². The number of hydrogen-bond acceptors (Lipinski definition) is 7. The van der Waals surface area contributed by atoms with Crippen molar-refractivity contribution >= 4 is 11.5 Å². The van der Waals surface area contributed by atoms with Crippen LogP contribution < -0.4 is 15.2 Å². The fourth-order valence-electron chi connectivity index (χ4n) is 3.21. The number of hydrogen-bond donors (Lipinski definition) is 1. The van der Waals surface area contributed by atoms with Gasteiger partial charge in [-0.1, -0.05) is 20.3 Å². The summed E-state index contributed by atoms with van der Waals surface area (Å²) in [5.41, 5.74) is 8.28. The van der Waals surface area contributed by atoms with Crippen LogP contribution in [0.15, 0.2) is 12.1 Å². The van der Waals surface area contributed by atoms with Crippen LogP contribution in [0.5, 0.6) is 11.5 Å². The molecule has 0 radical (unpaired) electrons. The number of nitriles is 1. The van der Waals surface area contributed by atoms with Crippen LogP contribution in [-0.4, -0.2) is 16.7 Å². The molecule has 0 saturated carbocycles. The van der Waals surface area contributed by atoms with Crippen molar-refractivity contribution in [3.8, 4) is 28.7 Å². The summed E-state index contributed by atoms with van der Waals surface area (Å²) >= 11 is 0. The summed E-state index contributed by atoms with van der Waals surface area (Å²) in [7, 11) is 0. The molecule has 0 unspecified atom stereocenters. The number of rotatable bonds is 5. The first-order chi connectivity index (χ1) is 12.5. The number of aromatic nitrogens is 1. The molecular weight excluding hydrogens is 336 g/mol. The number of nitrogens with zero attached hydrogens (tertiary/aromatic N) is 3. The molecule has 1 aromatic heterocycles. The maximum absolute atomic E-state index is 11.7. The Morgan fingerprint density at radius 3 is 2.62 bits per heavy atom. The number of anilines is 1. The number of fused-ring (bicyclic) bond motifs is 1. The molecule has 8 nitrogen and oxygen atoms in total. The van der Waals surface area contributed by atoms with E-state index in [1.54, 1.807) is 6.07 Å². The van der Waals surface area contributed by atoms with E-state index in [9.17, 15) is 15.4 Å². The van der Waals surface area contributed by atoms with E-state index < -0.39 is 4.92 Å². The molecule has 2 N–H and O–H groups in total. The van der Waals surface area contributed by atoms with E-state index in [1.807, 2.05) is 13.8 Å². The van der Waals surface area contributed by atoms with Gasteiger partial charge in [0.1, 0.15) is 17.5 Å². The Morgan fingerprint density at radius 1 is 1.35 bits per heavy atom. The summed E-state index contributed by atoms with van der Waals surface area (Å²) in [6.45, 7) is 3.94. The first-order valence-corrected chi connectivity index (χ1v) is 8.31. The summed E-state index contributed by atoms with van der Waals surface area (Å²) in [5.74, 6) is 0.798. The lowest BCUT2D eigenvalue weighted by atomic mass is 9.90. The molecule has 0 fully saturated rings. The molecular formula is C18H18N4O4. The second-order valence-corrected chi connectivity index (χ2v) is 5.87. The van der Waals surface area contributed by atoms with E-state index in [0.29, 0.717) is 35.5 Å². The Bertz CT molecular complexity index is 934. The predicted molar refractivity (Wildman–Crippen MR) is 95.0 cm³/mol. The Balaban J connectivity index is 2.40. The van der Waals surface area contributed by atoms with Crippen LogP contribution in [0.2, 0.25) is 0 Å². The second-order valence-electron chi connectivity index (χ2n) is 5.87. The highest BCUT2D eigenvalue weighted by Gasteiger charge is 2.29. The molecule has 26 heavy (non-hydrogen) atoms. The number of nitrogen functional groups attached to an aromatic ring is 1. The van der Waals surface area contributed by atoms with Crippen LogP contribution in [0, 0.1) is 21.4 Å². The smallest absolute Gasteiger partial charge is 0.281 e. The number of aryl methyl sites for hydroxylation is 1. The van der Waals surface area contributed by atoms with Gasteiger partial charge in [0.2, 0.25) is 6.79 Å². The molecule has 1 aliphatic heterocycles. The zero-order valence-corrected chi connectivity index (χ0v) is 14.5. The number of nitro groups is 1. The van der Waals surface area contributed by atoms with Gasteiger partial charge in [-0.3, -0.25) is 10.1 Å². The minimum Gasteiger partial charge on any atom is -0.454 e. The van der Waals surface area contributed by atoms with E-state index in [0.717, 1.165) is 17.7 Å². The largest absolute Gasteiger partial charge is 0.454 e. The number of pyridine rings is 1. The van der Waals surface area contributed by atoms with Crippen molar-refractivity contribution in [1.82, 2.24) is 4.98 Å². The van der Waals surface area contributed by atoms with E-state index in [1.165, 1.54) is 6.07 Å². The number of nitro benzene ring substituents is 1. The zero-order chi connectivity index (χ0) is 18.8. The monoisotopic (exact) mass is 354 g/mol. The first kappa shape index (κ1) is 17.5. The molecule has 0 bridgehead atoms. The Morgan fingerprint density at radius 2 is 2.04 bits per heavy atom. The van der Waals surface area contributed by atoms with Crippen molar-refractivity contribution in [2.24, 2.45) is 0 Å². The van der Waals surface area contributed by atoms with Crippen LogP contribution in [0.25, 0.3) is 11.1 Å². The summed E-state index contributed by atoms with van der Waals surface area (Å²) in [4.78, 5) is 15.5. The van der Waals surface area contributed by atoms with Gasteiger partial charge >= 0.3 is 0 Å². The van der Waals surface area contributed by atoms with Gasteiger partial charge in [-0.05, 0) is 24.5 Å². The van der Waals surface area contributed by atoms with Crippen molar-refractivity contribution < 1.29 is 14.4 Å². The third-order valence-electron chi connectivity index (χ3n) is 4.32. The normalized spacial score (nSPS) is 12.0. The van der Waals surface area contributed by atoms with E-state index in [-0.39, 0.29) is 23.9 Å². The van der Waals surface area contributed by atoms with E-state index in [4.69, 9.17) is 15.2 Å². The van der Waals surface area contributed by atoms with Crippen LogP contribution in [0.1, 0.15) is 37.1 Å². The molecule has 8 heteroatoms. The Hall–Kier alpha value is -3.34. The van der Waals surface area contributed by atoms with Gasteiger partial charge in [-0.2, -0.15) is 5.26 Å². The summed E-state index contributed by atoms with van der Waals surface area (Å²) < 4.78 is 10.6. The molecule has 0 amide bonds. The quantitative estimate of drug-likeness (QED) is 0.644. The van der Waals surface area contributed by atoms with Gasteiger partial charge in [0, 0.05) is 11.3 Å². The summed E-state index contributed by atoms with van der Waals surface area (Å²) in [5, 5.41) is 21.3. The average molecular weight is 354 g/mol. The lowest BCUT2D eigenvalue weighted by Crippen LogP contribution is -2.08. The fraction of sp³-hybridized carbons (Fsp3) is 0.333. The van der Waals surface area contributed by atoms with Crippen molar-refractivity contribution in [2.45, 2.75) is 33.1 Å². The van der Waals surface area contributed by atoms with Crippen molar-refractivity contribution in [3.05, 3.63) is 39.1 Å². The van der Waals surface area contributed by atoms with Gasteiger partial charge in [0.15, 0.2) is 11.5 Å². The number of benzene rings is 1. The highest BCUT2D eigenvalue weighted by Crippen LogP contribution is 2.45. The highest BCUT2D eigenvalue weighted by molar-refractivity contribution is 5.86. The molecule has 2 heterocycles. The maximum Gasteiger partial charge on any atom is 0.281 e. The summed E-state index contributed by atoms with van der Waals surface area (Å²) in [6.07, 6.45) is 2.08. The maximum atomic E-state index is 11.7. The van der Waals surface area contributed by atoms with Gasteiger partial charge in [0.25, 0.3) is 5.69 Å². The minimum absolute atomic E-state index is 0.00124. The highest BCUT2D eigenvalue weighted by atomic mass is 16.7. The van der Waals surface area contributed by atoms with Crippen molar-refractivity contribution in [1.29, 1.82) is 5.26 Å². The van der Waals surface area contributed by atoms with Crippen molar-refractivity contribution in [3.63, 3.8) is 0 Å².